The highest BCUT2D eigenvalue weighted by Crippen LogP contribution is 2.24. The van der Waals surface area contributed by atoms with E-state index in [-0.39, 0.29) is 12.2 Å². The fourth-order valence-electron chi connectivity index (χ4n) is 1.27. The highest BCUT2D eigenvalue weighted by atomic mass is 19.1. The average molecular weight is 228 g/mol. The first kappa shape index (κ1) is 12.1. The Hall–Kier alpha value is -1.98. The van der Waals surface area contributed by atoms with Crippen LogP contribution in [-0.2, 0) is 19.1 Å². The third-order valence-electron chi connectivity index (χ3n) is 1.98. The standard InChI is InChI=1S/C10H9FO5/c1-2-16-10(15)5-3-4-6(11)8(12)7(5)9(13)14/h3-4,7H,2H2,1H3,(H,13,14). The number of allylic oxidation sites excluding steroid dienone is 3. The van der Waals surface area contributed by atoms with Crippen LogP contribution in [0.5, 0.6) is 0 Å². The lowest BCUT2D eigenvalue weighted by atomic mass is 9.90. The predicted molar refractivity (Wildman–Crippen MR) is 50.0 cm³/mol. The molecule has 0 bridgehead atoms. The molecule has 0 saturated heterocycles. The third kappa shape index (κ3) is 2.16. The number of Topliss-reactive ketones (excluding diaryl/α,β-unsaturated/α-hetero) is 1. The van der Waals surface area contributed by atoms with Crippen molar-refractivity contribution in [2.24, 2.45) is 5.92 Å². The summed E-state index contributed by atoms with van der Waals surface area (Å²) in [5.74, 6) is -6.73. The van der Waals surface area contributed by atoms with E-state index in [2.05, 4.69) is 4.74 Å². The van der Waals surface area contributed by atoms with Crippen LogP contribution in [0.15, 0.2) is 23.6 Å². The van der Waals surface area contributed by atoms with Crippen LogP contribution < -0.4 is 0 Å². The van der Waals surface area contributed by atoms with Crippen LogP contribution in [0.4, 0.5) is 4.39 Å². The molecule has 0 aromatic rings. The maximum absolute atomic E-state index is 12.9. The van der Waals surface area contributed by atoms with E-state index in [9.17, 15) is 18.8 Å². The number of hydrogen-bond donors (Lipinski definition) is 1. The molecular weight excluding hydrogens is 219 g/mol. The Labute approximate surface area is 90.2 Å². The highest BCUT2D eigenvalue weighted by Gasteiger charge is 2.38. The van der Waals surface area contributed by atoms with Gasteiger partial charge in [-0.1, -0.05) is 0 Å². The minimum Gasteiger partial charge on any atom is -0.480 e. The van der Waals surface area contributed by atoms with Crippen LogP contribution in [0, 0.1) is 5.92 Å². The quantitative estimate of drug-likeness (QED) is 0.565. The van der Waals surface area contributed by atoms with Gasteiger partial charge in [-0.3, -0.25) is 9.59 Å². The van der Waals surface area contributed by atoms with Gasteiger partial charge in [0, 0.05) is 0 Å². The van der Waals surface area contributed by atoms with Crippen molar-refractivity contribution in [3.63, 3.8) is 0 Å². The van der Waals surface area contributed by atoms with Crippen LogP contribution in [0.3, 0.4) is 0 Å². The summed E-state index contributed by atoms with van der Waals surface area (Å²) in [5, 5.41) is 8.75. The molecular formula is C10H9FO5. The predicted octanol–water partition coefficient (Wildman–Crippen LogP) is 0.613. The molecule has 0 saturated carbocycles. The van der Waals surface area contributed by atoms with Gasteiger partial charge in [0.2, 0.25) is 5.78 Å². The van der Waals surface area contributed by atoms with E-state index in [1.807, 2.05) is 0 Å². The van der Waals surface area contributed by atoms with Crippen molar-refractivity contribution in [1.29, 1.82) is 0 Å². The first-order valence-corrected chi connectivity index (χ1v) is 4.50. The van der Waals surface area contributed by atoms with Crippen molar-refractivity contribution in [2.75, 3.05) is 6.61 Å². The van der Waals surface area contributed by atoms with Gasteiger partial charge < -0.3 is 9.84 Å². The number of aliphatic carboxylic acids is 1. The number of esters is 1. The first-order chi connectivity index (χ1) is 7.49. The van der Waals surface area contributed by atoms with Crippen LogP contribution in [0.1, 0.15) is 6.92 Å². The van der Waals surface area contributed by atoms with Gasteiger partial charge in [-0.2, -0.15) is 0 Å². The van der Waals surface area contributed by atoms with Gasteiger partial charge in [0.05, 0.1) is 12.2 Å². The average Bonchev–Trinajstić information content (AvgIpc) is 2.21. The molecule has 6 heteroatoms. The number of rotatable bonds is 3. The SMILES string of the molecule is CCOC(=O)C1=CC=C(F)C(=O)C1C(=O)O. The second-order valence-corrected chi connectivity index (χ2v) is 2.99. The van der Waals surface area contributed by atoms with E-state index in [0.29, 0.717) is 0 Å². The van der Waals surface area contributed by atoms with E-state index in [1.54, 1.807) is 0 Å². The topological polar surface area (TPSA) is 80.7 Å². The van der Waals surface area contributed by atoms with Gasteiger partial charge in [0.1, 0.15) is 0 Å². The highest BCUT2D eigenvalue weighted by molar-refractivity contribution is 6.15. The molecule has 86 valence electrons. The summed E-state index contributed by atoms with van der Waals surface area (Å²) in [7, 11) is 0. The first-order valence-electron chi connectivity index (χ1n) is 4.50. The molecule has 0 aliphatic heterocycles. The summed E-state index contributed by atoms with van der Waals surface area (Å²) in [4.78, 5) is 33.3. The summed E-state index contributed by atoms with van der Waals surface area (Å²) in [5.41, 5.74) is -0.360. The van der Waals surface area contributed by atoms with Crippen molar-refractivity contribution in [2.45, 2.75) is 6.92 Å². The van der Waals surface area contributed by atoms with Crippen LogP contribution >= 0.6 is 0 Å². The summed E-state index contributed by atoms with van der Waals surface area (Å²) < 4.78 is 17.4. The Morgan fingerprint density at radius 2 is 2.12 bits per heavy atom. The molecule has 5 nitrogen and oxygen atoms in total. The molecule has 0 heterocycles. The smallest absolute Gasteiger partial charge is 0.335 e. The van der Waals surface area contributed by atoms with E-state index >= 15 is 0 Å². The monoisotopic (exact) mass is 228 g/mol. The minimum absolute atomic E-state index is 0.0445. The van der Waals surface area contributed by atoms with Crippen LogP contribution in [0.25, 0.3) is 0 Å². The molecule has 1 aliphatic rings. The van der Waals surface area contributed by atoms with Gasteiger partial charge in [0.25, 0.3) is 0 Å². The zero-order valence-electron chi connectivity index (χ0n) is 8.40. The van der Waals surface area contributed by atoms with Crippen molar-refractivity contribution in [3.05, 3.63) is 23.6 Å². The van der Waals surface area contributed by atoms with Crippen molar-refractivity contribution < 1.29 is 28.6 Å². The molecule has 1 aliphatic carbocycles. The lowest BCUT2D eigenvalue weighted by Crippen LogP contribution is -2.32. The number of ketones is 1. The normalized spacial score (nSPS) is 19.9. The van der Waals surface area contributed by atoms with Gasteiger partial charge in [-0.05, 0) is 19.1 Å². The van der Waals surface area contributed by atoms with E-state index in [1.165, 1.54) is 6.92 Å². The number of carbonyl (C=O) groups excluding carboxylic acids is 2. The maximum Gasteiger partial charge on any atom is 0.335 e. The molecule has 0 aromatic carbocycles. The summed E-state index contributed by atoms with van der Waals surface area (Å²) in [6.45, 7) is 1.58. The van der Waals surface area contributed by atoms with Crippen molar-refractivity contribution in [1.82, 2.24) is 0 Å². The maximum atomic E-state index is 12.9. The zero-order chi connectivity index (χ0) is 12.3. The molecule has 0 spiro atoms. The van der Waals surface area contributed by atoms with E-state index in [4.69, 9.17) is 5.11 Å². The second-order valence-electron chi connectivity index (χ2n) is 2.99. The van der Waals surface area contributed by atoms with Gasteiger partial charge in [-0.15, -0.1) is 0 Å². The lowest BCUT2D eigenvalue weighted by Gasteiger charge is -2.15. The van der Waals surface area contributed by atoms with Crippen molar-refractivity contribution in [3.8, 4) is 0 Å². The number of carbonyl (C=O) groups is 3. The number of ether oxygens (including phenoxy) is 1. The number of carboxylic acids is 1. The number of carboxylic acid groups (broad SMARTS) is 1. The molecule has 0 fully saturated rings. The molecule has 1 atom stereocenters. The molecule has 0 amide bonds. The van der Waals surface area contributed by atoms with E-state index in [0.717, 1.165) is 12.2 Å². The third-order valence-corrected chi connectivity index (χ3v) is 1.98. The summed E-state index contributed by atoms with van der Waals surface area (Å²) in [6, 6.07) is 0. The Bertz CT molecular complexity index is 407. The Balaban J connectivity index is 3.09. The molecule has 1 unspecified atom stereocenters. The Morgan fingerprint density at radius 1 is 1.50 bits per heavy atom. The van der Waals surface area contributed by atoms with Gasteiger partial charge in [0.15, 0.2) is 11.7 Å². The summed E-state index contributed by atoms with van der Waals surface area (Å²) in [6.07, 6.45) is 1.71. The van der Waals surface area contributed by atoms with E-state index < -0.39 is 29.5 Å². The minimum atomic E-state index is -1.82. The number of halogens is 1. The molecule has 1 N–H and O–H groups in total. The summed E-state index contributed by atoms with van der Waals surface area (Å²) >= 11 is 0. The zero-order valence-corrected chi connectivity index (χ0v) is 8.40. The molecule has 16 heavy (non-hydrogen) atoms. The largest absolute Gasteiger partial charge is 0.480 e. The molecule has 0 radical (unpaired) electrons. The fraction of sp³-hybridized carbons (Fsp3) is 0.300. The Morgan fingerprint density at radius 3 is 2.62 bits per heavy atom. The fourth-order valence-corrected chi connectivity index (χ4v) is 1.27. The Kier molecular flexibility index (Phi) is 3.55. The van der Waals surface area contributed by atoms with Crippen molar-refractivity contribution >= 4 is 17.7 Å². The van der Waals surface area contributed by atoms with Crippen LogP contribution in [-0.4, -0.2) is 29.4 Å². The van der Waals surface area contributed by atoms with Gasteiger partial charge in [-0.25, -0.2) is 9.18 Å². The molecule has 0 aromatic heterocycles. The van der Waals surface area contributed by atoms with Gasteiger partial charge >= 0.3 is 11.9 Å². The number of hydrogen-bond acceptors (Lipinski definition) is 4. The molecule has 1 rings (SSSR count). The van der Waals surface area contributed by atoms with Crippen LogP contribution in [0.2, 0.25) is 0 Å². The second kappa shape index (κ2) is 4.69. The lowest BCUT2D eigenvalue weighted by molar-refractivity contribution is -0.149.